The monoisotopic (exact) mass is 281 g/mol. The Kier molecular flexibility index (Phi) is 4.99. The molecule has 1 N–H and O–H groups in total. The number of hydrogen-bond donors (Lipinski definition) is 1. The maximum atomic E-state index is 12.4. The second-order valence-corrected chi connectivity index (χ2v) is 6.32. The SMILES string of the molecule is CCC1CCc2sc(C(=O)N(CC)CCO)cc2C1. The fourth-order valence-corrected chi connectivity index (χ4v) is 3.91. The van der Waals surface area contributed by atoms with Gasteiger partial charge in [-0.15, -0.1) is 11.3 Å². The van der Waals surface area contributed by atoms with E-state index in [-0.39, 0.29) is 12.5 Å². The number of thiophene rings is 1. The fraction of sp³-hybridized carbons (Fsp3) is 0.667. The number of aliphatic hydroxyl groups excluding tert-OH is 1. The highest BCUT2D eigenvalue weighted by atomic mass is 32.1. The van der Waals surface area contributed by atoms with E-state index in [1.807, 2.05) is 6.92 Å². The molecule has 0 spiro atoms. The van der Waals surface area contributed by atoms with Crippen LogP contribution < -0.4 is 0 Å². The molecular formula is C15H23NO2S. The molecule has 0 bridgehead atoms. The van der Waals surface area contributed by atoms with E-state index in [0.717, 1.165) is 23.6 Å². The van der Waals surface area contributed by atoms with Gasteiger partial charge in [-0.1, -0.05) is 13.3 Å². The molecule has 0 saturated carbocycles. The highest BCUT2D eigenvalue weighted by Gasteiger charge is 2.23. The molecule has 19 heavy (non-hydrogen) atoms. The molecule has 0 aliphatic heterocycles. The van der Waals surface area contributed by atoms with Crippen LogP contribution in [-0.4, -0.2) is 35.6 Å². The van der Waals surface area contributed by atoms with E-state index < -0.39 is 0 Å². The lowest BCUT2D eigenvalue weighted by Gasteiger charge is -2.19. The van der Waals surface area contributed by atoms with Crippen LogP contribution in [0.2, 0.25) is 0 Å². The van der Waals surface area contributed by atoms with Gasteiger partial charge in [0.15, 0.2) is 0 Å². The normalized spacial score (nSPS) is 18.2. The zero-order valence-corrected chi connectivity index (χ0v) is 12.6. The van der Waals surface area contributed by atoms with E-state index in [2.05, 4.69) is 13.0 Å². The topological polar surface area (TPSA) is 40.5 Å². The van der Waals surface area contributed by atoms with Gasteiger partial charge in [0, 0.05) is 18.0 Å². The van der Waals surface area contributed by atoms with Gasteiger partial charge in [-0.25, -0.2) is 0 Å². The van der Waals surface area contributed by atoms with Gasteiger partial charge in [-0.2, -0.15) is 0 Å². The quantitative estimate of drug-likeness (QED) is 0.901. The maximum absolute atomic E-state index is 12.4. The van der Waals surface area contributed by atoms with E-state index in [0.29, 0.717) is 13.1 Å². The van der Waals surface area contributed by atoms with Crippen LogP contribution >= 0.6 is 11.3 Å². The maximum Gasteiger partial charge on any atom is 0.264 e. The third-order valence-electron chi connectivity index (χ3n) is 4.01. The number of fused-ring (bicyclic) bond motifs is 1. The minimum absolute atomic E-state index is 0.0303. The smallest absolute Gasteiger partial charge is 0.264 e. The molecular weight excluding hydrogens is 258 g/mol. The first-order chi connectivity index (χ1) is 9.19. The summed E-state index contributed by atoms with van der Waals surface area (Å²) < 4.78 is 0. The van der Waals surface area contributed by atoms with Crippen LogP contribution in [0.5, 0.6) is 0 Å². The molecule has 2 rings (SSSR count). The Morgan fingerprint density at radius 2 is 2.32 bits per heavy atom. The summed E-state index contributed by atoms with van der Waals surface area (Å²) in [6, 6.07) is 2.09. The number of amides is 1. The molecule has 0 aromatic carbocycles. The molecule has 1 aromatic heterocycles. The van der Waals surface area contributed by atoms with Gasteiger partial charge in [-0.3, -0.25) is 4.79 Å². The first-order valence-corrected chi connectivity index (χ1v) is 8.02. The van der Waals surface area contributed by atoms with Crippen molar-refractivity contribution in [2.45, 2.75) is 39.5 Å². The highest BCUT2D eigenvalue weighted by molar-refractivity contribution is 7.14. The van der Waals surface area contributed by atoms with Crippen molar-refractivity contribution in [3.63, 3.8) is 0 Å². The first kappa shape index (κ1) is 14.5. The summed E-state index contributed by atoms with van der Waals surface area (Å²) in [6.07, 6.45) is 4.73. The summed E-state index contributed by atoms with van der Waals surface area (Å²) in [5, 5.41) is 9.00. The van der Waals surface area contributed by atoms with Crippen molar-refractivity contribution in [3.05, 3.63) is 21.4 Å². The number of aliphatic hydroxyl groups is 1. The summed E-state index contributed by atoms with van der Waals surface area (Å²) >= 11 is 1.65. The lowest BCUT2D eigenvalue weighted by Crippen LogP contribution is -2.32. The first-order valence-electron chi connectivity index (χ1n) is 7.21. The third kappa shape index (κ3) is 3.18. The van der Waals surface area contributed by atoms with Crippen molar-refractivity contribution >= 4 is 17.2 Å². The summed E-state index contributed by atoms with van der Waals surface area (Å²) in [5.41, 5.74) is 1.38. The minimum atomic E-state index is 0.0303. The predicted octanol–water partition coefficient (Wildman–Crippen LogP) is 2.72. The standard InChI is InChI=1S/C15H23NO2S/c1-3-11-5-6-13-12(9-11)10-14(19-13)15(18)16(4-2)7-8-17/h10-11,17H,3-9H2,1-2H3. The van der Waals surface area contributed by atoms with E-state index >= 15 is 0 Å². The molecule has 0 fully saturated rings. The van der Waals surface area contributed by atoms with Crippen LogP contribution in [0.3, 0.4) is 0 Å². The van der Waals surface area contributed by atoms with Crippen LogP contribution in [0.15, 0.2) is 6.07 Å². The number of aryl methyl sites for hydroxylation is 1. The van der Waals surface area contributed by atoms with Gasteiger partial charge in [0.05, 0.1) is 11.5 Å². The Balaban J connectivity index is 2.14. The molecule has 0 saturated heterocycles. The van der Waals surface area contributed by atoms with Crippen LogP contribution in [0.25, 0.3) is 0 Å². The zero-order chi connectivity index (χ0) is 13.8. The summed E-state index contributed by atoms with van der Waals surface area (Å²) in [6.45, 7) is 5.31. The lowest BCUT2D eigenvalue weighted by atomic mass is 9.87. The molecule has 1 aromatic rings. The fourth-order valence-electron chi connectivity index (χ4n) is 2.73. The van der Waals surface area contributed by atoms with Gasteiger partial charge in [0.2, 0.25) is 0 Å². The van der Waals surface area contributed by atoms with Crippen LogP contribution in [0.4, 0.5) is 0 Å². The van der Waals surface area contributed by atoms with Gasteiger partial charge in [0.25, 0.3) is 5.91 Å². The molecule has 1 amide bonds. The summed E-state index contributed by atoms with van der Waals surface area (Å²) in [5.74, 6) is 0.855. The Morgan fingerprint density at radius 1 is 1.53 bits per heavy atom. The van der Waals surface area contributed by atoms with E-state index in [9.17, 15) is 4.79 Å². The van der Waals surface area contributed by atoms with Crippen LogP contribution in [0, 0.1) is 5.92 Å². The number of nitrogens with zero attached hydrogens (tertiary/aromatic N) is 1. The molecule has 4 heteroatoms. The number of likely N-dealkylation sites (N-methyl/N-ethyl adjacent to an activating group) is 1. The molecule has 0 radical (unpaired) electrons. The van der Waals surface area contributed by atoms with Crippen LogP contribution in [-0.2, 0) is 12.8 Å². The molecule has 1 heterocycles. The predicted molar refractivity (Wildman–Crippen MR) is 78.8 cm³/mol. The zero-order valence-electron chi connectivity index (χ0n) is 11.8. The number of rotatable bonds is 5. The molecule has 1 unspecified atom stereocenters. The Bertz CT molecular complexity index is 441. The van der Waals surface area contributed by atoms with Crippen molar-refractivity contribution in [2.75, 3.05) is 19.7 Å². The molecule has 1 atom stereocenters. The van der Waals surface area contributed by atoms with E-state index in [1.165, 1.54) is 23.3 Å². The molecule has 106 valence electrons. The largest absolute Gasteiger partial charge is 0.395 e. The summed E-state index contributed by atoms with van der Waals surface area (Å²) in [7, 11) is 0. The van der Waals surface area contributed by atoms with Crippen molar-refractivity contribution in [1.29, 1.82) is 0 Å². The molecule has 1 aliphatic rings. The van der Waals surface area contributed by atoms with Crippen molar-refractivity contribution in [3.8, 4) is 0 Å². The van der Waals surface area contributed by atoms with Crippen molar-refractivity contribution in [1.82, 2.24) is 4.90 Å². The van der Waals surface area contributed by atoms with Gasteiger partial charge >= 0.3 is 0 Å². The van der Waals surface area contributed by atoms with Crippen molar-refractivity contribution in [2.24, 2.45) is 5.92 Å². The number of hydrogen-bond acceptors (Lipinski definition) is 3. The Labute approximate surface area is 119 Å². The van der Waals surface area contributed by atoms with E-state index in [1.54, 1.807) is 16.2 Å². The van der Waals surface area contributed by atoms with E-state index in [4.69, 9.17) is 5.11 Å². The van der Waals surface area contributed by atoms with Crippen LogP contribution in [0.1, 0.15) is 46.8 Å². The Morgan fingerprint density at radius 3 is 2.95 bits per heavy atom. The van der Waals surface area contributed by atoms with Gasteiger partial charge in [-0.05, 0) is 43.7 Å². The average Bonchev–Trinajstić information content (AvgIpc) is 2.86. The van der Waals surface area contributed by atoms with Gasteiger partial charge < -0.3 is 10.0 Å². The Hall–Kier alpha value is -0.870. The average molecular weight is 281 g/mol. The van der Waals surface area contributed by atoms with Gasteiger partial charge in [0.1, 0.15) is 0 Å². The number of carbonyl (C=O) groups is 1. The second kappa shape index (κ2) is 6.53. The lowest BCUT2D eigenvalue weighted by molar-refractivity contribution is 0.0736. The summed E-state index contributed by atoms with van der Waals surface area (Å²) in [4.78, 5) is 16.3. The minimum Gasteiger partial charge on any atom is -0.395 e. The third-order valence-corrected chi connectivity index (χ3v) is 5.24. The second-order valence-electron chi connectivity index (χ2n) is 5.18. The molecule has 3 nitrogen and oxygen atoms in total. The molecule has 1 aliphatic carbocycles. The number of carbonyl (C=O) groups excluding carboxylic acids is 1. The van der Waals surface area contributed by atoms with Crippen molar-refractivity contribution < 1.29 is 9.90 Å². The highest BCUT2D eigenvalue weighted by Crippen LogP contribution is 2.33.